The highest BCUT2D eigenvalue weighted by atomic mass is 35.5. The van der Waals surface area contributed by atoms with E-state index < -0.39 is 0 Å². The average Bonchev–Trinajstić information content (AvgIpc) is 3.43. The average molecular weight is 375 g/mol. The van der Waals surface area contributed by atoms with Gasteiger partial charge in [-0.25, -0.2) is 0 Å². The number of carbonyl (C=O) groups excluding carboxylic acids is 2. The molecule has 0 aromatic heterocycles. The lowest BCUT2D eigenvalue weighted by molar-refractivity contribution is -0.117. The van der Waals surface area contributed by atoms with E-state index >= 15 is 0 Å². The Morgan fingerprint density at radius 1 is 0.960 bits per heavy atom. The zero-order valence-corrected chi connectivity index (χ0v) is 15.2. The maximum absolute atomic E-state index is 12.0. The van der Waals surface area contributed by atoms with E-state index in [4.69, 9.17) is 11.6 Å². The van der Waals surface area contributed by atoms with Gasteiger partial charge >= 0.3 is 0 Å². The molecule has 0 bridgehead atoms. The molecule has 0 heterocycles. The molecule has 25 heavy (non-hydrogen) atoms. The van der Waals surface area contributed by atoms with E-state index in [-0.39, 0.29) is 17.7 Å². The van der Waals surface area contributed by atoms with Gasteiger partial charge in [0.05, 0.1) is 0 Å². The first-order valence-corrected chi connectivity index (χ1v) is 9.56. The molecule has 1 fully saturated rings. The summed E-state index contributed by atoms with van der Waals surface area (Å²) in [5.74, 6) is 0.924. The van der Waals surface area contributed by atoms with Gasteiger partial charge in [0, 0.05) is 39.4 Å². The van der Waals surface area contributed by atoms with Gasteiger partial charge in [-0.05, 0) is 61.4 Å². The second-order valence-corrected chi connectivity index (χ2v) is 7.55. The van der Waals surface area contributed by atoms with E-state index in [0.29, 0.717) is 17.2 Å². The molecular formula is C19H19ClN2O2S. The monoisotopic (exact) mass is 374 g/mol. The maximum Gasteiger partial charge on any atom is 0.227 e. The molecule has 3 rings (SSSR count). The lowest BCUT2D eigenvalue weighted by atomic mass is 10.2. The van der Waals surface area contributed by atoms with E-state index in [1.165, 1.54) is 0 Å². The summed E-state index contributed by atoms with van der Waals surface area (Å²) in [6.45, 7) is 0. The SMILES string of the molecule is O=C(CCSc1ccc(Cl)cc1)Nc1ccc(NC(=O)C2CC2)cc1. The van der Waals surface area contributed by atoms with Crippen LogP contribution in [-0.4, -0.2) is 17.6 Å². The summed E-state index contributed by atoms with van der Waals surface area (Å²) in [7, 11) is 0. The van der Waals surface area contributed by atoms with E-state index in [2.05, 4.69) is 10.6 Å². The summed E-state index contributed by atoms with van der Waals surface area (Å²) in [5.41, 5.74) is 1.49. The molecule has 130 valence electrons. The first-order valence-electron chi connectivity index (χ1n) is 8.19. The minimum atomic E-state index is -0.0313. The molecule has 0 spiro atoms. The Bertz CT molecular complexity index is 743. The van der Waals surface area contributed by atoms with Crippen molar-refractivity contribution in [1.82, 2.24) is 0 Å². The van der Waals surface area contributed by atoms with Crippen molar-refractivity contribution in [3.05, 3.63) is 53.6 Å². The number of nitrogens with one attached hydrogen (secondary N) is 2. The molecule has 0 saturated heterocycles. The minimum absolute atomic E-state index is 0.0313. The number of hydrogen-bond acceptors (Lipinski definition) is 3. The fourth-order valence-corrected chi connectivity index (χ4v) is 3.22. The van der Waals surface area contributed by atoms with Gasteiger partial charge in [-0.15, -0.1) is 11.8 Å². The molecule has 1 saturated carbocycles. The highest BCUT2D eigenvalue weighted by Gasteiger charge is 2.29. The van der Waals surface area contributed by atoms with Crippen LogP contribution in [0.5, 0.6) is 0 Å². The van der Waals surface area contributed by atoms with Crippen molar-refractivity contribution >= 4 is 46.6 Å². The number of halogens is 1. The molecule has 1 aliphatic rings. The number of carbonyl (C=O) groups is 2. The summed E-state index contributed by atoms with van der Waals surface area (Å²) >= 11 is 7.47. The van der Waals surface area contributed by atoms with Crippen LogP contribution in [0.4, 0.5) is 11.4 Å². The van der Waals surface area contributed by atoms with Gasteiger partial charge in [0.15, 0.2) is 0 Å². The second-order valence-electron chi connectivity index (χ2n) is 5.94. The second kappa shape index (κ2) is 8.41. The number of rotatable bonds is 7. The highest BCUT2D eigenvalue weighted by Crippen LogP contribution is 2.30. The van der Waals surface area contributed by atoms with Crippen molar-refractivity contribution in [1.29, 1.82) is 0 Å². The van der Waals surface area contributed by atoms with Crippen LogP contribution < -0.4 is 10.6 Å². The van der Waals surface area contributed by atoms with Gasteiger partial charge in [-0.2, -0.15) is 0 Å². The Balaban J connectivity index is 1.41. The number of benzene rings is 2. The van der Waals surface area contributed by atoms with Gasteiger partial charge in [-0.1, -0.05) is 11.6 Å². The molecule has 2 aromatic carbocycles. The van der Waals surface area contributed by atoms with E-state index in [1.807, 2.05) is 24.3 Å². The van der Waals surface area contributed by atoms with Gasteiger partial charge in [0.25, 0.3) is 0 Å². The third kappa shape index (κ3) is 5.80. The molecule has 0 radical (unpaired) electrons. The van der Waals surface area contributed by atoms with Crippen LogP contribution >= 0.6 is 23.4 Å². The first kappa shape index (κ1) is 17.8. The van der Waals surface area contributed by atoms with Crippen molar-refractivity contribution < 1.29 is 9.59 Å². The quantitative estimate of drug-likeness (QED) is 0.684. The van der Waals surface area contributed by atoms with Crippen molar-refractivity contribution in [2.24, 2.45) is 5.92 Å². The number of hydrogen-bond donors (Lipinski definition) is 2. The standard InChI is InChI=1S/C19H19ClN2O2S/c20-14-3-9-17(10-4-14)25-12-11-18(23)21-15-5-7-16(8-6-15)22-19(24)13-1-2-13/h3-10,13H,1-2,11-12H2,(H,21,23)(H,22,24). The van der Waals surface area contributed by atoms with E-state index in [9.17, 15) is 9.59 Å². The van der Waals surface area contributed by atoms with Gasteiger partial charge in [0.1, 0.15) is 0 Å². The molecule has 0 atom stereocenters. The topological polar surface area (TPSA) is 58.2 Å². The van der Waals surface area contributed by atoms with Crippen molar-refractivity contribution in [3.63, 3.8) is 0 Å². The van der Waals surface area contributed by atoms with Crippen LogP contribution in [0.1, 0.15) is 19.3 Å². The Hall–Kier alpha value is -1.98. The first-order chi connectivity index (χ1) is 12.1. The Morgan fingerprint density at radius 3 is 2.16 bits per heavy atom. The number of amides is 2. The third-order valence-corrected chi connectivity index (χ3v) is 5.06. The molecule has 2 amide bonds. The maximum atomic E-state index is 12.0. The zero-order valence-electron chi connectivity index (χ0n) is 13.6. The third-order valence-electron chi connectivity index (χ3n) is 3.80. The summed E-state index contributed by atoms with van der Waals surface area (Å²) in [6.07, 6.45) is 2.38. The molecule has 0 aliphatic heterocycles. The van der Waals surface area contributed by atoms with E-state index in [0.717, 1.165) is 29.1 Å². The molecule has 6 heteroatoms. The zero-order chi connectivity index (χ0) is 17.6. The van der Waals surface area contributed by atoms with Crippen LogP contribution in [0.15, 0.2) is 53.4 Å². The van der Waals surface area contributed by atoms with E-state index in [1.54, 1.807) is 36.0 Å². The van der Waals surface area contributed by atoms with Crippen molar-refractivity contribution in [2.75, 3.05) is 16.4 Å². The van der Waals surface area contributed by atoms with Crippen LogP contribution in [-0.2, 0) is 9.59 Å². The normalized spacial score (nSPS) is 13.3. The number of thioether (sulfide) groups is 1. The summed E-state index contributed by atoms with van der Waals surface area (Å²) in [4.78, 5) is 24.8. The van der Waals surface area contributed by atoms with Crippen molar-refractivity contribution in [2.45, 2.75) is 24.2 Å². The Kier molecular flexibility index (Phi) is 6.00. The van der Waals surface area contributed by atoms with Gasteiger partial charge in [0.2, 0.25) is 11.8 Å². The fraction of sp³-hybridized carbons (Fsp3) is 0.263. The molecule has 1 aliphatic carbocycles. The highest BCUT2D eigenvalue weighted by molar-refractivity contribution is 7.99. The van der Waals surface area contributed by atoms with Crippen LogP contribution in [0.2, 0.25) is 5.02 Å². The summed E-state index contributed by atoms with van der Waals surface area (Å²) in [5, 5.41) is 6.45. The largest absolute Gasteiger partial charge is 0.326 e. The Morgan fingerprint density at radius 2 is 1.56 bits per heavy atom. The molecular weight excluding hydrogens is 356 g/mol. The lowest BCUT2D eigenvalue weighted by Gasteiger charge is -2.08. The smallest absolute Gasteiger partial charge is 0.227 e. The minimum Gasteiger partial charge on any atom is -0.326 e. The molecule has 0 unspecified atom stereocenters. The summed E-state index contributed by atoms with van der Waals surface area (Å²) < 4.78 is 0. The summed E-state index contributed by atoms with van der Waals surface area (Å²) in [6, 6.07) is 14.8. The molecule has 4 nitrogen and oxygen atoms in total. The fourth-order valence-electron chi connectivity index (χ4n) is 2.24. The number of anilines is 2. The van der Waals surface area contributed by atoms with Gasteiger partial charge in [-0.3, -0.25) is 9.59 Å². The van der Waals surface area contributed by atoms with Crippen molar-refractivity contribution in [3.8, 4) is 0 Å². The van der Waals surface area contributed by atoms with Gasteiger partial charge < -0.3 is 10.6 Å². The predicted molar refractivity (Wildman–Crippen MR) is 103 cm³/mol. The predicted octanol–water partition coefficient (Wildman–Crippen LogP) is 4.81. The molecule has 2 aromatic rings. The van der Waals surface area contributed by atoms with Crippen LogP contribution in [0.25, 0.3) is 0 Å². The molecule has 2 N–H and O–H groups in total. The lowest BCUT2D eigenvalue weighted by Crippen LogP contribution is -2.14. The van der Waals surface area contributed by atoms with Crippen LogP contribution in [0.3, 0.4) is 0 Å². The van der Waals surface area contributed by atoms with Crippen LogP contribution in [0, 0.1) is 5.92 Å². The Labute approximate surface area is 156 Å².